The predicted molar refractivity (Wildman–Crippen MR) is 67.3 cm³/mol. The van der Waals surface area contributed by atoms with Gasteiger partial charge in [0.25, 0.3) is 0 Å². The third kappa shape index (κ3) is 3.34. The van der Waals surface area contributed by atoms with Crippen molar-refractivity contribution in [3.63, 3.8) is 0 Å². The molecular formula is C14H13NO2. The zero-order chi connectivity index (χ0) is 12.1. The number of para-hydroxylation sites is 1. The van der Waals surface area contributed by atoms with Gasteiger partial charge in [0.2, 0.25) is 0 Å². The van der Waals surface area contributed by atoms with Crippen molar-refractivity contribution < 1.29 is 9.53 Å². The Labute approximate surface area is 100 Å². The normalized spacial score (nSPS) is 9.71. The van der Waals surface area contributed by atoms with Crippen LogP contribution in [0.4, 0.5) is 10.5 Å². The summed E-state index contributed by atoms with van der Waals surface area (Å²) in [6.07, 6.45) is -0.484. The van der Waals surface area contributed by atoms with E-state index in [9.17, 15) is 4.79 Å². The summed E-state index contributed by atoms with van der Waals surface area (Å²) in [5, 5.41) is 2.65. The third-order valence-corrected chi connectivity index (χ3v) is 2.22. The smallest absolute Gasteiger partial charge is 0.410 e. The molecule has 3 heteroatoms. The van der Waals surface area contributed by atoms with Gasteiger partial charge >= 0.3 is 6.09 Å². The second-order valence-electron chi connectivity index (χ2n) is 3.70. The molecular weight excluding hydrogens is 214 g/mol. The van der Waals surface area contributed by atoms with Gasteiger partial charge in [0.05, 0.1) is 0 Å². The highest BCUT2D eigenvalue weighted by Gasteiger charge is 2.04. The predicted octanol–water partition coefficient (Wildman–Crippen LogP) is 3.61. The average molecular weight is 227 g/mol. The number of aryl methyl sites for hydroxylation is 1. The Bertz CT molecular complexity index is 509. The van der Waals surface area contributed by atoms with Crippen molar-refractivity contribution in [3.05, 3.63) is 60.2 Å². The SMILES string of the molecule is Cc1cccc(OC(=O)Nc2ccccc2)c1. The van der Waals surface area contributed by atoms with Crippen LogP contribution in [-0.4, -0.2) is 6.09 Å². The minimum Gasteiger partial charge on any atom is -0.410 e. The third-order valence-electron chi connectivity index (χ3n) is 2.22. The first-order valence-corrected chi connectivity index (χ1v) is 5.34. The van der Waals surface area contributed by atoms with Crippen molar-refractivity contribution in [2.24, 2.45) is 0 Å². The van der Waals surface area contributed by atoms with Gasteiger partial charge in [0, 0.05) is 5.69 Å². The zero-order valence-corrected chi connectivity index (χ0v) is 9.51. The van der Waals surface area contributed by atoms with Crippen molar-refractivity contribution in [3.8, 4) is 5.75 Å². The quantitative estimate of drug-likeness (QED) is 0.851. The molecule has 86 valence electrons. The molecule has 0 saturated carbocycles. The van der Waals surface area contributed by atoms with Gasteiger partial charge < -0.3 is 4.74 Å². The molecule has 0 heterocycles. The molecule has 0 spiro atoms. The Hall–Kier alpha value is -2.29. The minimum atomic E-state index is -0.484. The summed E-state index contributed by atoms with van der Waals surface area (Å²) in [4.78, 5) is 11.6. The highest BCUT2D eigenvalue weighted by Crippen LogP contribution is 2.13. The van der Waals surface area contributed by atoms with E-state index < -0.39 is 6.09 Å². The van der Waals surface area contributed by atoms with E-state index >= 15 is 0 Å². The van der Waals surface area contributed by atoms with Crippen LogP contribution in [0.25, 0.3) is 0 Å². The lowest BCUT2D eigenvalue weighted by Gasteiger charge is -2.06. The fourth-order valence-corrected chi connectivity index (χ4v) is 1.45. The number of hydrogen-bond acceptors (Lipinski definition) is 2. The Morgan fingerprint density at radius 3 is 2.53 bits per heavy atom. The molecule has 0 aliphatic rings. The highest BCUT2D eigenvalue weighted by molar-refractivity contribution is 5.86. The van der Waals surface area contributed by atoms with Crippen molar-refractivity contribution in [2.75, 3.05) is 5.32 Å². The largest absolute Gasteiger partial charge is 0.417 e. The van der Waals surface area contributed by atoms with Crippen LogP contribution in [0.15, 0.2) is 54.6 Å². The molecule has 2 rings (SSSR count). The lowest BCUT2D eigenvalue weighted by Crippen LogP contribution is -2.16. The molecule has 2 aromatic carbocycles. The molecule has 1 N–H and O–H groups in total. The molecule has 0 saturated heterocycles. The summed E-state index contributed by atoms with van der Waals surface area (Å²) in [6, 6.07) is 16.5. The van der Waals surface area contributed by atoms with Crippen LogP contribution in [0.2, 0.25) is 0 Å². The monoisotopic (exact) mass is 227 g/mol. The van der Waals surface area contributed by atoms with Gasteiger partial charge in [0.1, 0.15) is 5.75 Å². The van der Waals surface area contributed by atoms with Crippen molar-refractivity contribution in [1.29, 1.82) is 0 Å². The first kappa shape index (κ1) is 11.2. The number of ether oxygens (including phenoxy) is 1. The summed E-state index contributed by atoms with van der Waals surface area (Å²) >= 11 is 0. The first-order valence-electron chi connectivity index (χ1n) is 5.34. The summed E-state index contributed by atoms with van der Waals surface area (Å²) in [5.41, 5.74) is 1.76. The van der Waals surface area contributed by atoms with Gasteiger partial charge in [-0.05, 0) is 36.8 Å². The number of benzene rings is 2. The highest BCUT2D eigenvalue weighted by atomic mass is 16.6. The van der Waals surface area contributed by atoms with Gasteiger partial charge in [-0.2, -0.15) is 0 Å². The molecule has 0 aliphatic heterocycles. The summed E-state index contributed by atoms with van der Waals surface area (Å²) < 4.78 is 5.15. The Morgan fingerprint density at radius 2 is 1.82 bits per heavy atom. The first-order chi connectivity index (χ1) is 8.24. The lowest BCUT2D eigenvalue weighted by molar-refractivity contribution is 0.215. The van der Waals surface area contributed by atoms with Crippen LogP contribution in [0, 0.1) is 6.92 Å². The molecule has 0 aliphatic carbocycles. The van der Waals surface area contributed by atoms with E-state index in [-0.39, 0.29) is 0 Å². The summed E-state index contributed by atoms with van der Waals surface area (Å²) in [6.45, 7) is 1.95. The Morgan fingerprint density at radius 1 is 1.06 bits per heavy atom. The number of anilines is 1. The van der Waals surface area contributed by atoms with Crippen molar-refractivity contribution >= 4 is 11.8 Å². The van der Waals surface area contributed by atoms with E-state index in [0.717, 1.165) is 5.56 Å². The fourth-order valence-electron chi connectivity index (χ4n) is 1.45. The maximum atomic E-state index is 11.6. The Kier molecular flexibility index (Phi) is 3.40. The molecule has 1 amide bonds. The average Bonchev–Trinajstić information content (AvgIpc) is 2.30. The number of rotatable bonds is 2. The van der Waals surface area contributed by atoms with E-state index in [1.54, 1.807) is 18.2 Å². The summed E-state index contributed by atoms with van der Waals surface area (Å²) in [7, 11) is 0. The summed E-state index contributed by atoms with van der Waals surface area (Å²) in [5.74, 6) is 0.540. The molecule has 0 atom stereocenters. The number of carbonyl (C=O) groups is 1. The van der Waals surface area contributed by atoms with Crippen molar-refractivity contribution in [2.45, 2.75) is 6.92 Å². The molecule has 0 aromatic heterocycles. The van der Waals surface area contributed by atoms with Gasteiger partial charge in [-0.1, -0.05) is 30.3 Å². The number of nitrogens with one attached hydrogen (secondary N) is 1. The molecule has 0 unspecified atom stereocenters. The van der Waals surface area contributed by atoms with E-state index in [4.69, 9.17) is 4.74 Å². The second-order valence-corrected chi connectivity index (χ2v) is 3.70. The number of hydrogen-bond donors (Lipinski definition) is 1. The lowest BCUT2D eigenvalue weighted by atomic mass is 10.2. The molecule has 17 heavy (non-hydrogen) atoms. The zero-order valence-electron chi connectivity index (χ0n) is 9.51. The van der Waals surface area contributed by atoms with E-state index in [2.05, 4.69) is 5.32 Å². The van der Waals surface area contributed by atoms with Gasteiger partial charge in [0.15, 0.2) is 0 Å². The minimum absolute atomic E-state index is 0.484. The molecule has 0 fully saturated rings. The van der Waals surface area contributed by atoms with E-state index in [0.29, 0.717) is 11.4 Å². The van der Waals surface area contributed by atoms with Gasteiger partial charge in [-0.3, -0.25) is 5.32 Å². The van der Waals surface area contributed by atoms with Gasteiger partial charge in [-0.25, -0.2) is 4.79 Å². The standard InChI is InChI=1S/C14H13NO2/c1-11-6-5-9-13(10-11)17-14(16)15-12-7-3-2-4-8-12/h2-10H,1H3,(H,15,16). The van der Waals surface area contributed by atoms with Gasteiger partial charge in [-0.15, -0.1) is 0 Å². The van der Waals surface area contributed by atoms with Crippen LogP contribution in [0.5, 0.6) is 5.75 Å². The van der Waals surface area contributed by atoms with E-state index in [1.165, 1.54) is 0 Å². The Balaban J connectivity index is 1.98. The maximum absolute atomic E-state index is 11.6. The molecule has 3 nitrogen and oxygen atoms in total. The number of carbonyl (C=O) groups excluding carboxylic acids is 1. The fraction of sp³-hybridized carbons (Fsp3) is 0.0714. The van der Waals surface area contributed by atoms with Crippen LogP contribution < -0.4 is 10.1 Å². The molecule has 0 radical (unpaired) electrons. The maximum Gasteiger partial charge on any atom is 0.417 e. The van der Waals surface area contributed by atoms with E-state index in [1.807, 2.05) is 43.3 Å². The molecule has 2 aromatic rings. The van der Waals surface area contributed by atoms with Crippen LogP contribution in [-0.2, 0) is 0 Å². The van der Waals surface area contributed by atoms with Crippen molar-refractivity contribution in [1.82, 2.24) is 0 Å². The number of amides is 1. The van der Waals surface area contributed by atoms with Crippen LogP contribution in [0.1, 0.15) is 5.56 Å². The van der Waals surface area contributed by atoms with Crippen LogP contribution >= 0.6 is 0 Å². The van der Waals surface area contributed by atoms with Crippen LogP contribution in [0.3, 0.4) is 0 Å². The topological polar surface area (TPSA) is 38.3 Å². The second kappa shape index (κ2) is 5.16. The molecule has 0 bridgehead atoms.